The molecule has 4 N–H and O–H groups in total. The van der Waals surface area contributed by atoms with Gasteiger partial charge in [0.2, 0.25) is 5.96 Å². The summed E-state index contributed by atoms with van der Waals surface area (Å²) < 4.78 is 106. The Morgan fingerprint density at radius 3 is 2.03 bits per heavy atom. The highest BCUT2D eigenvalue weighted by Crippen LogP contribution is 2.36. The van der Waals surface area contributed by atoms with Gasteiger partial charge < -0.3 is 10.6 Å². The summed E-state index contributed by atoms with van der Waals surface area (Å²) in [5, 5.41) is 4.55. The van der Waals surface area contributed by atoms with Crippen LogP contribution in [0.3, 0.4) is 0 Å². The highest BCUT2D eigenvalue weighted by molar-refractivity contribution is 9.10. The van der Waals surface area contributed by atoms with Crippen molar-refractivity contribution in [2.45, 2.75) is 31.6 Å². The van der Waals surface area contributed by atoms with Crippen LogP contribution in [0.5, 0.6) is 0 Å². The number of hydrogen-bond acceptors (Lipinski definition) is 3. The molecule has 14 heteroatoms. The lowest BCUT2D eigenvalue weighted by Gasteiger charge is -2.26. The minimum absolute atomic E-state index is 0.00877. The van der Waals surface area contributed by atoms with Crippen LogP contribution < -0.4 is 11.6 Å². The van der Waals surface area contributed by atoms with Gasteiger partial charge in [-0.05, 0) is 47.0 Å². The predicted molar refractivity (Wildman–Crippen MR) is 113 cm³/mol. The first-order chi connectivity index (χ1) is 15.6. The number of nitrogens with two attached hydrogens (primary N) is 2. The predicted octanol–water partition coefficient (Wildman–Crippen LogP) is 5.50. The summed E-state index contributed by atoms with van der Waals surface area (Å²) in [7, 11) is 1.29. The summed E-state index contributed by atoms with van der Waals surface area (Å²) in [5.41, 5.74) is 2.87. The maximum absolute atomic E-state index is 13.8. The molecule has 0 bridgehead atoms. The summed E-state index contributed by atoms with van der Waals surface area (Å²) in [6.45, 7) is -2.04. The van der Waals surface area contributed by atoms with Gasteiger partial charge in [-0.3, -0.25) is 0 Å². The lowest BCUT2D eigenvalue weighted by molar-refractivity contribution is -0.143. The molecule has 0 saturated heterocycles. The Morgan fingerprint density at radius 1 is 1.00 bits per heavy atom. The fraction of sp³-hybridized carbons (Fsp3) is 0.350. The Balaban J connectivity index is 2.54. The van der Waals surface area contributed by atoms with Crippen molar-refractivity contribution < 1.29 is 35.1 Å². The molecule has 2 rings (SSSR count). The van der Waals surface area contributed by atoms with E-state index in [2.05, 4.69) is 21.0 Å². The van der Waals surface area contributed by atoms with E-state index < -0.39 is 42.9 Å². The summed E-state index contributed by atoms with van der Waals surface area (Å²) in [5.74, 6) is 5.10. The zero-order valence-corrected chi connectivity index (χ0v) is 19.1. The van der Waals surface area contributed by atoms with Crippen LogP contribution in [0.15, 0.2) is 46.0 Å². The quantitative estimate of drug-likeness (QED) is 0.154. The fourth-order valence-electron chi connectivity index (χ4n) is 2.98. The van der Waals surface area contributed by atoms with Crippen LogP contribution in [0.1, 0.15) is 34.0 Å². The van der Waals surface area contributed by atoms with Crippen molar-refractivity contribution in [3.05, 3.63) is 68.7 Å². The Bertz CT molecular complexity index is 991. The molecule has 0 aliphatic carbocycles. The van der Waals surface area contributed by atoms with E-state index in [4.69, 9.17) is 11.6 Å². The van der Waals surface area contributed by atoms with E-state index in [1.165, 1.54) is 25.2 Å². The van der Waals surface area contributed by atoms with Crippen molar-refractivity contribution in [3.63, 3.8) is 0 Å². The van der Waals surface area contributed by atoms with Gasteiger partial charge >= 0.3 is 12.4 Å². The smallest absolute Gasteiger partial charge is 0.368 e. The molecule has 2 aromatic rings. The maximum Gasteiger partial charge on any atom is 0.416 e. The molecule has 34 heavy (non-hydrogen) atoms. The lowest BCUT2D eigenvalue weighted by Crippen LogP contribution is -2.39. The third-order valence-corrected chi connectivity index (χ3v) is 5.31. The van der Waals surface area contributed by atoms with Crippen molar-refractivity contribution >= 4 is 21.9 Å². The number of hydrazone groups is 1. The van der Waals surface area contributed by atoms with E-state index in [9.17, 15) is 35.1 Å². The highest BCUT2D eigenvalue weighted by atomic mass is 79.9. The Morgan fingerprint density at radius 2 is 1.56 bits per heavy atom. The minimum Gasteiger partial charge on any atom is -0.368 e. The second-order valence-corrected chi connectivity index (χ2v) is 8.13. The molecule has 2 aromatic carbocycles. The monoisotopic (exact) mass is 561 g/mol. The molecule has 0 saturated carbocycles. The van der Waals surface area contributed by atoms with Crippen molar-refractivity contribution in [1.29, 1.82) is 0 Å². The third-order valence-electron chi connectivity index (χ3n) is 4.53. The molecular weight excluding hydrogens is 542 g/mol. The van der Waals surface area contributed by atoms with E-state index in [-0.39, 0.29) is 29.7 Å². The standard InChI is InChI=1S/C20H20BrF8N5/c1-33(31)32-18(30)34(10-13-6-12(17(23)8-22)2-3-16(13)21)9-11-4-14(19(24,25)26)7-15(5-11)20(27,28)29/h2-7,17H,8-10,31H2,1H3,(H2,30,32). The summed E-state index contributed by atoms with van der Waals surface area (Å²) in [6, 6.07) is 5.20. The van der Waals surface area contributed by atoms with Crippen LogP contribution in [0, 0.1) is 0 Å². The fourth-order valence-corrected chi connectivity index (χ4v) is 3.35. The number of nitrogens with zero attached hydrogens (tertiary/aromatic N) is 3. The molecule has 0 aliphatic heterocycles. The van der Waals surface area contributed by atoms with E-state index in [0.29, 0.717) is 22.2 Å². The van der Waals surface area contributed by atoms with Gasteiger partial charge in [0.25, 0.3) is 0 Å². The van der Waals surface area contributed by atoms with Crippen LogP contribution in [0.4, 0.5) is 35.1 Å². The molecule has 0 spiro atoms. The highest BCUT2D eigenvalue weighted by Gasteiger charge is 2.37. The molecular formula is C20H20BrF8N5. The first kappa shape index (κ1) is 27.6. The Kier molecular flexibility index (Phi) is 8.75. The van der Waals surface area contributed by atoms with E-state index in [1.54, 1.807) is 0 Å². The Labute approximate surface area is 198 Å². The molecule has 0 aliphatic rings. The zero-order chi connectivity index (χ0) is 25.8. The van der Waals surface area contributed by atoms with Gasteiger partial charge in [-0.2, -0.15) is 26.3 Å². The van der Waals surface area contributed by atoms with Crippen molar-refractivity contribution in [2.75, 3.05) is 13.7 Å². The zero-order valence-electron chi connectivity index (χ0n) is 17.6. The van der Waals surface area contributed by atoms with Crippen molar-refractivity contribution in [2.24, 2.45) is 16.7 Å². The number of hydrogen-bond donors (Lipinski definition) is 2. The third kappa shape index (κ3) is 7.45. The average Bonchev–Trinajstić information content (AvgIpc) is 2.72. The molecule has 188 valence electrons. The number of halogens is 9. The average molecular weight is 562 g/mol. The van der Waals surface area contributed by atoms with Gasteiger partial charge in [0, 0.05) is 24.6 Å². The lowest BCUT2D eigenvalue weighted by atomic mass is 10.0. The van der Waals surface area contributed by atoms with Crippen molar-refractivity contribution in [3.8, 4) is 0 Å². The summed E-state index contributed by atoms with van der Waals surface area (Å²) >= 11 is 3.23. The molecule has 1 atom stereocenters. The molecule has 0 radical (unpaired) electrons. The number of alkyl halides is 8. The SMILES string of the molecule is CN(N)/N=C(\N)N(Cc1cc(C(F)(F)F)cc(C(F)(F)F)c1)Cc1cc(C(F)CF)ccc1Br. The second-order valence-electron chi connectivity index (χ2n) is 7.27. The summed E-state index contributed by atoms with van der Waals surface area (Å²) in [6.07, 6.45) is -12.0. The van der Waals surface area contributed by atoms with Crippen LogP contribution >= 0.6 is 15.9 Å². The molecule has 0 amide bonds. The van der Waals surface area contributed by atoms with Gasteiger partial charge in [0.15, 0.2) is 6.17 Å². The second kappa shape index (κ2) is 10.8. The molecule has 1 unspecified atom stereocenters. The van der Waals surface area contributed by atoms with Crippen LogP contribution in [0.2, 0.25) is 0 Å². The van der Waals surface area contributed by atoms with Gasteiger partial charge in [0.05, 0.1) is 11.1 Å². The molecule has 5 nitrogen and oxygen atoms in total. The van der Waals surface area contributed by atoms with Crippen LogP contribution in [0.25, 0.3) is 0 Å². The Hall–Kier alpha value is -2.61. The van der Waals surface area contributed by atoms with Gasteiger partial charge in [-0.25, -0.2) is 19.7 Å². The van der Waals surface area contributed by atoms with Gasteiger partial charge in [-0.1, -0.05) is 22.0 Å². The van der Waals surface area contributed by atoms with E-state index in [1.807, 2.05) is 0 Å². The summed E-state index contributed by atoms with van der Waals surface area (Å²) in [4.78, 5) is 1.14. The van der Waals surface area contributed by atoms with Gasteiger partial charge in [-0.15, -0.1) is 5.10 Å². The number of benzene rings is 2. The molecule has 0 aromatic heterocycles. The first-order valence-corrected chi connectivity index (χ1v) is 10.2. The van der Waals surface area contributed by atoms with E-state index in [0.717, 1.165) is 10.0 Å². The van der Waals surface area contributed by atoms with Crippen molar-refractivity contribution in [1.82, 2.24) is 10.0 Å². The molecule has 0 heterocycles. The van der Waals surface area contributed by atoms with Crippen LogP contribution in [-0.4, -0.2) is 29.7 Å². The van der Waals surface area contributed by atoms with E-state index >= 15 is 0 Å². The topological polar surface area (TPSA) is 70.9 Å². The number of guanidine groups is 1. The van der Waals surface area contributed by atoms with Gasteiger partial charge in [0.1, 0.15) is 6.67 Å². The first-order valence-electron chi connectivity index (χ1n) is 9.46. The minimum atomic E-state index is -5.03. The molecule has 0 fully saturated rings. The largest absolute Gasteiger partial charge is 0.416 e. The normalized spacial score (nSPS) is 13.7. The number of hydrazine groups is 1. The number of rotatable bonds is 7. The maximum atomic E-state index is 13.8. The van der Waals surface area contributed by atoms with Crippen LogP contribution in [-0.2, 0) is 25.4 Å².